The van der Waals surface area contributed by atoms with Crippen molar-refractivity contribution in [1.82, 2.24) is 4.31 Å². The highest BCUT2D eigenvalue weighted by Crippen LogP contribution is 2.41. The highest BCUT2D eigenvalue weighted by Gasteiger charge is 2.52. The Labute approximate surface area is 122 Å². The van der Waals surface area contributed by atoms with Crippen LogP contribution in [0, 0.1) is 5.92 Å². The van der Waals surface area contributed by atoms with Gasteiger partial charge in [-0.05, 0) is 23.3 Å². The minimum Gasteiger partial charge on any atom is -0.203 e. The molecule has 1 saturated heterocycles. The number of alkyl halides is 3. The van der Waals surface area contributed by atoms with Crippen LogP contribution in [-0.4, -0.2) is 31.3 Å². The van der Waals surface area contributed by atoms with Crippen molar-refractivity contribution >= 4 is 10.0 Å². The summed E-state index contributed by atoms with van der Waals surface area (Å²) >= 11 is 0. The molecule has 0 aromatic heterocycles. The van der Waals surface area contributed by atoms with Gasteiger partial charge in [-0.3, -0.25) is 0 Å². The molecule has 1 aliphatic rings. The summed E-state index contributed by atoms with van der Waals surface area (Å²) in [7, 11) is -5.23. The third kappa shape index (κ3) is 2.81. The van der Waals surface area contributed by atoms with Crippen molar-refractivity contribution in [3.63, 3.8) is 0 Å². The van der Waals surface area contributed by atoms with Gasteiger partial charge in [-0.15, -0.1) is 0 Å². The van der Waals surface area contributed by atoms with E-state index in [1.807, 2.05) is 37.3 Å². The normalized spacial score (nSPS) is 28.5. The Hall–Kier alpha value is -1.08. The second-order valence-electron chi connectivity index (χ2n) is 5.74. The summed E-state index contributed by atoms with van der Waals surface area (Å²) in [6.45, 7) is 3.54. The van der Waals surface area contributed by atoms with Gasteiger partial charge in [0.2, 0.25) is 0 Å². The summed E-state index contributed by atoms with van der Waals surface area (Å²) < 4.78 is 61.5. The fourth-order valence-corrected chi connectivity index (χ4v) is 3.86. The zero-order chi connectivity index (χ0) is 15.9. The number of hydrogen-bond acceptors (Lipinski definition) is 2. The predicted molar refractivity (Wildman–Crippen MR) is 74.1 cm³/mol. The van der Waals surface area contributed by atoms with Crippen LogP contribution in [0.2, 0.25) is 0 Å². The van der Waals surface area contributed by atoms with Gasteiger partial charge in [0, 0.05) is 13.1 Å². The van der Waals surface area contributed by atoms with Crippen molar-refractivity contribution in [3.8, 4) is 0 Å². The maximum atomic E-state index is 12.6. The molecule has 1 aliphatic heterocycles. The van der Waals surface area contributed by atoms with Gasteiger partial charge in [-0.25, -0.2) is 8.42 Å². The number of halogens is 3. The molecule has 3 nitrogen and oxygen atoms in total. The molecule has 0 N–H and O–H groups in total. The Balaban J connectivity index is 2.24. The van der Waals surface area contributed by atoms with Crippen LogP contribution in [-0.2, 0) is 15.4 Å². The van der Waals surface area contributed by atoms with Crippen molar-refractivity contribution in [3.05, 3.63) is 35.9 Å². The van der Waals surface area contributed by atoms with Crippen molar-refractivity contribution < 1.29 is 21.6 Å². The SMILES string of the molecule is C[C@H]1CN(S(=O)(=O)C(F)(F)F)CC[C@@]1(C)c1ccccc1. The van der Waals surface area contributed by atoms with E-state index in [0.29, 0.717) is 10.7 Å². The van der Waals surface area contributed by atoms with Crippen LogP contribution in [0.15, 0.2) is 30.3 Å². The largest absolute Gasteiger partial charge is 0.511 e. The van der Waals surface area contributed by atoms with E-state index in [4.69, 9.17) is 0 Å². The van der Waals surface area contributed by atoms with E-state index in [-0.39, 0.29) is 24.4 Å². The van der Waals surface area contributed by atoms with E-state index < -0.39 is 15.5 Å². The lowest BCUT2D eigenvalue weighted by Gasteiger charge is -2.44. The van der Waals surface area contributed by atoms with E-state index in [2.05, 4.69) is 0 Å². The van der Waals surface area contributed by atoms with Crippen LogP contribution < -0.4 is 0 Å². The number of benzene rings is 1. The maximum Gasteiger partial charge on any atom is 0.511 e. The molecule has 1 heterocycles. The molecule has 1 aromatic rings. The monoisotopic (exact) mass is 321 g/mol. The molecule has 0 amide bonds. The molecule has 2 atom stereocenters. The smallest absolute Gasteiger partial charge is 0.203 e. The van der Waals surface area contributed by atoms with Gasteiger partial charge in [0.25, 0.3) is 0 Å². The van der Waals surface area contributed by atoms with Crippen LogP contribution in [0.25, 0.3) is 0 Å². The van der Waals surface area contributed by atoms with Crippen molar-refractivity contribution in [1.29, 1.82) is 0 Å². The number of rotatable bonds is 2. The Morgan fingerprint density at radius 3 is 2.29 bits per heavy atom. The predicted octanol–water partition coefficient (Wildman–Crippen LogP) is 3.14. The van der Waals surface area contributed by atoms with Gasteiger partial charge >= 0.3 is 15.5 Å². The Morgan fingerprint density at radius 1 is 1.24 bits per heavy atom. The lowest BCUT2D eigenvalue weighted by Crippen LogP contribution is -2.52. The third-order valence-corrected chi connectivity index (χ3v) is 6.11. The molecule has 7 heteroatoms. The molecule has 0 bridgehead atoms. The van der Waals surface area contributed by atoms with E-state index in [9.17, 15) is 21.6 Å². The van der Waals surface area contributed by atoms with Gasteiger partial charge in [0.1, 0.15) is 0 Å². The first-order valence-corrected chi connectivity index (χ1v) is 8.15. The summed E-state index contributed by atoms with van der Waals surface area (Å²) in [6.07, 6.45) is 0.369. The average Bonchev–Trinajstić information content (AvgIpc) is 2.41. The Bertz CT molecular complexity index is 600. The van der Waals surface area contributed by atoms with Gasteiger partial charge in [-0.2, -0.15) is 17.5 Å². The molecule has 1 aromatic carbocycles. The zero-order valence-electron chi connectivity index (χ0n) is 11.9. The zero-order valence-corrected chi connectivity index (χ0v) is 12.7. The molecule has 0 unspecified atom stereocenters. The van der Waals surface area contributed by atoms with Gasteiger partial charge in [0.15, 0.2) is 0 Å². The second-order valence-corrected chi connectivity index (χ2v) is 7.67. The maximum absolute atomic E-state index is 12.6. The average molecular weight is 321 g/mol. The first-order valence-electron chi connectivity index (χ1n) is 6.71. The summed E-state index contributed by atoms with van der Waals surface area (Å²) in [5, 5.41) is 0. The topological polar surface area (TPSA) is 37.4 Å². The highest BCUT2D eigenvalue weighted by atomic mass is 32.2. The summed E-state index contributed by atoms with van der Waals surface area (Å²) in [5.41, 5.74) is -4.52. The standard InChI is InChI=1S/C14H18F3NO2S/c1-11-10-18(21(19,20)14(15,16)17)9-8-13(11,2)12-6-4-3-5-7-12/h3-7,11H,8-10H2,1-2H3/t11-,13+/m0/s1. The van der Waals surface area contributed by atoms with Crippen LogP contribution in [0.5, 0.6) is 0 Å². The van der Waals surface area contributed by atoms with Crippen LogP contribution in [0.4, 0.5) is 13.2 Å². The number of piperidine rings is 1. The number of sulfonamides is 1. The summed E-state index contributed by atoms with van der Waals surface area (Å²) in [6, 6.07) is 9.51. The molecule has 21 heavy (non-hydrogen) atoms. The first kappa shape index (κ1) is 16.3. The lowest BCUT2D eigenvalue weighted by molar-refractivity contribution is -0.0506. The minimum absolute atomic E-state index is 0.114. The van der Waals surface area contributed by atoms with E-state index in [1.165, 1.54) is 0 Å². The quantitative estimate of drug-likeness (QED) is 0.839. The molecule has 0 spiro atoms. The minimum atomic E-state index is -5.23. The lowest BCUT2D eigenvalue weighted by atomic mass is 9.68. The van der Waals surface area contributed by atoms with Crippen LogP contribution in [0.3, 0.4) is 0 Å². The number of nitrogens with zero attached hydrogens (tertiary/aromatic N) is 1. The Kier molecular flexibility index (Phi) is 4.10. The molecule has 2 rings (SSSR count). The van der Waals surface area contributed by atoms with Gasteiger partial charge < -0.3 is 0 Å². The molecule has 0 saturated carbocycles. The Morgan fingerprint density at radius 2 is 1.81 bits per heavy atom. The van der Waals surface area contributed by atoms with Crippen molar-refractivity contribution in [2.24, 2.45) is 5.92 Å². The van der Waals surface area contributed by atoms with Crippen LogP contribution >= 0.6 is 0 Å². The van der Waals surface area contributed by atoms with Crippen molar-refractivity contribution in [2.45, 2.75) is 31.2 Å². The van der Waals surface area contributed by atoms with Gasteiger partial charge in [0.05, 0.1) is 0 Å². The first-order chi connectivity index (χ1) is 9.59. The molecular weight excluding hydrogens is 303 g/mol. The molecule has 118 valence electrons. The van der Waals surface area contributed by atoms with Crippen LogP contribution in [0.1, 0.15) is 25.8 Å². The molecule has 0 radical (unpaired) electrons. The number of hydrogen-bond donors (Lipinski definition) is 0. The van der Waals surface area contributed by atoms with Crippen molar-refractivity contribution in [2.75, 3.05) is 13.1 Å². The molecule has 0 aliphatic carbocycles. The highest BCUT2D eigenvalue weighted by molar-refractivity contribution is 7.90. The van der Waals surface area contributed by atoms with E-state index in [1.54, 1.807) is 6.92 Å². The summed E-state index contributed by atoms with van der Waals surface area (Å²) in [5.74, 6) is -0.203. The fraction of sp³-hybridized carbons (Fsp3) is 0.571. The van der Waals surface area contributed by atoms with E-state index >= 15 is 0 Å². The summed E-state index contributed by atoms with van der Waals surface area (Å²) in [4.78, 5) is 0. The molecule has 1 fully saturated rings. The van der Waals surface area contributed by atoms with Gasteiger partial charge in [-0.1, -0.05) is 44.2 Å². The fourth-order valence-electron chi connectivity index (χ4n) is 2.81. The molecular formula is C14H18F3NO2S. The second kappa shape index (κ2) is 5.28. The van der Waals surface area contributed by atoms with E-state index in [0.717, 1.165) is 5.56 Å². The third-order valence-electron chi connectivity index (χ3n) is 4.51.